The Morgan fingerprint density at radius 2 is 2.31 bits per heavy atom. The summed E-state index contributed by atoms with van der Waals surface area (Å²) in [5, 5.41) is 0. The number of hydrogen-bond donors (Lipinski definition) is 2. The van der Waals surface area contributed by atoms with Gasteiger partial charge in [-0.3, -0.25) is 0 Å². The zero-order chi connectivity index (χ0) is 8.84. The second kappa shape index (κ2) is 2.22. The first-order valence-corrected chi connectivity index (χ1v) is 4.44. The number of nitrogens with one attached hydrogen (secondary N) is 1. The Morgan fingerprint density at radius 1 is 1.46 bits per heavy atom. The van der Waals surface area contributed by atoms with E-state index < -0.39 is 0 Å². The number of nitrogens with two attached hydrogens (primary N) is 1. The molecule has 0 amide bonds. The van der Waals surface area contributed by atoms with Crippen molar-refractivity contribution in [1.82, 2.24) is 15.0 Å². The van der Waals surface area contributed by atoms with E-state index in [0.717, 1.165) is 22.7 Å². The number of anilines is 1. The van der Waals surface area contributed by atoms with E-state index in [4.69, 9.17) is 5.73 Å². The van der Waals surface area contributed by atoms with Crippen LogP contribution in [0.25, 0.3) is 11.2 Å². The molecule has 2 aromatic heterocycles. The first-order chi connectivity index (χ1) is 6.34. The Labute approximate surface area is 75.2 Å². The van der Waals surface area contributed by atoms with Crippen molar-refractivity contribution in [2.24, 2.45) is 0 Å². The van der Waals surface area contributed by atoms with Crippen LogP contribution in [0.1, 0.15) is 24.6 Å². The Morgan fingerprint density at radius 3 is 3.00 bits per heavy atom. The average molecular weight is 174 g/mol. The van der Waals surface area contributed by atoms with Crippen LogP contribution in [0.5, 0.6) is 0 Å². The molecule has 3 rings (SSSR count). The maximum absolute atomic E-state index is 5.78. The predicted octanol–water partition coefficient (Wildman–Crippen LogP) is 1.42. The van der Waals surface area contributed by atoms with E-state index in [2.05, 4.69) is 15.0 Å². The molecule has 0 atom stereocenters. The normalized spacial score (nSPS) is 16.6. The van der Waals surface area contributed by atoms with Gasteiger partial charge in [0.1, 0.15) is 11.3 Å². The van der Waals surface area contributed by atoms with Crippen molar-refractivity contribution >= 4 is 16.9 Å². The van der Waals surface area contributed by atoms with Crippen LogP contribution in [0.4, 0.5) is 5.69 Å². The van der Waals surface area contributed by atoms with Crippen LogP contribution in [0, 0.1) is 0 Å². The largest absolute Gasteiger partial charge is 0.397 e. The molecule has 1 aliphatic carbocycles. The van der Waals surface area contributed by atoms with Gasteiger partial charge in [-0.15, -0.1) is 0 Å². The van der Waals surface area contributed by atoms with Gasteiger partial charge >= 0.3 is 0 Å². The van der Waals surface area contributed by atoms with E-state index >= 15 is 0 Å². The molecule has 2 aromatic rings. The zero-order valence-corrected chi connectivity index (χ0v) is 7.12. The highest BCUT2D eigenvalue weighted by molar-refractivity contribution is 5.83. The van der Waals surface area contributed by atoms with E-state index in [-0.39, 0.29) is 0 Å². The molecule has 13 heavy (non-hydrogen) atoms. The number of nitrogens with zero attached hydrogens (tertiary/aromatic N) is 2. The Balaban J connectivity index is 2.26. The Hall–Kier alpha value is -1.58. The van der Waals surface area contributed by atoms with Crippen LogP contribution in [0.15, 0.2) is 12.3 Å². The number of imidazole rings is 1. The number of pyridine rings is 1. The lowest BCUT2D eigenvalue weighted by molar-refractivity contribution is 0.984. The molecule has 1 saturated carbocycles. The molecule has 0 radical (unpaired) electrons. The minimum Gasteiger partial charge on any atom is -0.397 e. The number of fused-ring (bicyclic) bond motifs is 1. The molecule has 4 heteroatoms. The van der Waals surface area contributed by atoms with E-state index in [1.54, 1.807) is 12.3 Å². The monoisotopic (exact) mass is 174 g/mol. The van der Waals surface area contributed by atoms with Gasteiger partial charge in [0.05, 0.1) is 5.69 Å². The van der Waals surface area contributed by atoms with Crippen LogP contribution in [0.3, 0.4) is 0 Å². The zero-order valence-electron chi connectivity index (χ0n) is 7.12. The maximum atomic E-state index is 5.78. The van der Waals surface area contributed by atoms with Gasteiger partial charge < -0.3 is 10.7 Å². The molecule has 1 fully saturated rings. The second-order valence-electron chi connectivity index (χ2n) is 3.50. The minimum absolute atomic E-state index is 0.619. The quantitative estimate of drug-likeness (QED) is 0.687. The summed E-state index contributed by atoms with van der Waals surface area (Å²) in [4.78, 5) is 11.8. The lowest BCUT2D eigenvalue weighted by Gasteiger charge is -1.91. The molecular weight excluding hydrogens is 164 g/mol. The molecule has 3 N–H and O–H groups in total. The van der Waals surface area contributed by atoms with Crippen LogP contribution < -0.4 is 5.73 Å². The van der Waals surface area contributed by atoms with Gasteiger partial charge in [0, 0.05) is 12.1 Å². The van der Waals surface area contributed by atoms with Gasteiger partial charge in [-0.25, -0.2) is 9.97 Å². The molecule has 0 bridgehead atoms. The summed E-state index contributed by atoms with van der Waals surface area (Å²) in [5.74, 6) is 1.66. The molecule has 0 aliphatic heterocycles. The lowest BCUT2D eigenvalue weighted by atomic mass is 10.4. The number of aromatic amines is 1. The minimum atomic E-state index is 0.619. The van der Waals surface area contributed by atoms with Crippen LogP contribution in [-0.4, -0.2) is 15.0 Å². The summed E-state index contributed by atoms with van der Waals surface area (Å²) < 4.78 is 0. The van der Waals surface area contributed by atoms with Gasteiger partial charge in [-0.05, 0) is 18.9 Å². The number of H-pyrrole nitrogens is 1. The van der Waals surface area contributed by atoms with Crippen molar-refractivity contribution in [1.29, 1.82) is 0 Å². The van der Waals surface area contributed by atoms with Crippen molar-refractivity contribution in [3.63, 3.8) is 0 Å². The van der Waals surface area contributed by atoms with Crippen molar-refractivity contribution in [3.8, 4) is 0 Å². The van der Waals surface area contributed by atoms with Gasteiger partial charge in [-0.1, -0.05) is 0 Å². The summed E-state index contributed by atoms with van der Waals surface area (Å²) in [6.45, 7) is 0. The number of rotatable bonds is 1. The maximum Gasteiger partial charge on any atom is 0.179 e. The average Bonchev–Trinajstić information content (AvgIpc) is 2.87. The first-order valence-electron chi connectivity index (χ1n) is 4.44. The van der Waals surface area contributed by atoms with Gasteiger partial charge in [0.2, 0.25) is 0 Å². The molecule has 0 unspecified atom stereocenters. The fourth-order valence-corrected chi connectivity index (χ4v) is 1.50. The fraction of sp³-hybridized carbons (Fsp3) is 0.333. The molecule has 66 valence electrons. The van der Waals surface area contributed by atoms with Crippen molar-refractivity contribution in [2.45, 2.75) is 18.8 Å². The highest BCUT2D eigenvalue weighted by Crippen LogP contribution is 2.39. The summed E-state index contributed by atoms with van der Waals surface area (Å²) >= 11 is 0. The van der Waals surface area contributed by atoms with E-state index in [1.165, 1.54) is 12.8 Å². The predicted molar refractivity (Wildman–Crippen MR) is 50.3 cm³/mol. The third kappa shape index (κ3) is 0.983. The van der Waals surface area contributed by atoms with Gasteiger partial charge in [0.15, 0.2) is 5.65 Å². The van der Waals surface area contributed by atoms with Crippen LogP contribution in [0.2, 0.25) is 0 Å². The molecule has 0 spiro atoms. The van der Waals surface area contributed by atoms with Crippen molar-refractivity contribution < 1.29 is 0 Å². The summed E-state index contributed by atoms with van der Waals surface area (Å²) in [6, 6.07) is 1.79. The molecule has 0 aromatic carbocycles. The van der Waals surface area contributed by atoms with Crippen LogP contribution >= 0.6 is 0 Å². The topological polar surface area (TPSA) is 67.6 Å². The number of aromatic nitrogens is 3. The molecule has 4 nitrogen and oxygen atoms in total. The third-order valence-electron chi connectivity index (χ3n) is 2.41. The third-order valence-corrected chi connectivity index (χ3v) is 2.41. The summed E-state index contributed by atoms with van der Waals surface area (Å²) in [7, 11) is 0. The molecule has 1 aliphatic rings. The summed E-state index contributed by atoms with van der Waals surface area (Å²) in [5.41, 5.74) is 8.12. The second-order valence-corrected chi connectivity index (χ2v) is 3.50. The number of hydrogen-bond acceptors (Lipinski definition) is 3. The van der Waals surface area contributed by atoms with E-state index in [0.29, 0.717) is 5.92 Å². The summed E-state index contributed by atoms with van der Waals surface area (Å²) in [6.07, 6.45) is 4.16. The Bertz CT molecular complexity index is 456. The SMILES string of the molecule is Nc1ccnc2nc(C3CC3)[nH]c12. The molecule has 2 heterocycles. The fourth-order valence-electron chi connectivity index (χ4n) is 1.50. The number of nitrogen functional groups attached to an aromatic ring is 1. The van der Waals surface area contributed by atoms with Crippen LogP contribution in [-0.2, 0) is 0 Å². The van der Waals surface area contributed by atoms with Crippen molar-refractivity contribution in [3.05, 3.63) is 18.1 Å². The highest BCUT2D eigenvalue weighted by atomic mass is 15.0. The van der Waals surface area contributed by atoms with E-state index in [9.17, 15) is 0 Å². The van der Waals surface area contributed by atoms with Crippen molar-refractivity contribution in [2.75, 3.05) is 5.73 Å². The molecule has 0 saturated heterocycles. The lowest BCUT2D eigenvalue weighted by Crippen LogP contribution is -1.87. The first kappa shape index (κ1) is 6.88. The van der Waals surface area contributed by atoms with Gasteiger partial charge in [-0.2, -0.15) is 0 Å². The van der Waals surface area contributed by atoms with Gasteiger partial charge in [0.25, 0.3) is 0 Å². The smallest absolute Gasteiger partial charge is 0.179 e. The standard InChI is InChI=1S/C9H10N4/c10-6-3-4-11-9-7(6)12-8(13-9)5-1-2-5/h3-5H,1-2H2,(H3,10,11,12,13). The Kier molecular flexibility index (Phi) is 1.17. The van der Waals surface area contributed by atoms with E-state index in [1.807, 2.05) is 0 Å². The highest BCUT2D eigenvalue weighted by Gasteiger charge is 2.27. The molecular formula is C9H10N4.